The lowest BCUT2D eigenvalue weighted by Gasteiger charge is -2.20. The second-order valence-corrected chi connectivity index (χ2v) is 9.08. The highest BCUT2D eigenvalue weighted by atomic mass is 35.5. The van der Waals surface area contributed by atoms with Crippen LogP contribution in [0.3, 0.4) is 0 Å². The third kappa shape index (κ3) is 3.55. The molecule has 1 aliphatic carbocycles. The second kappa shape index (κ2) is 7.72. The topological polar surface area (TPSA) is 80.5 Å². The second-order valence-electron chi connectivity index (χ2n) is 7.18. The van der Waals surface area contributed by atoms with Gasteiger partial charge in [0, 0.05) is 30.3 Å². The highest BCUT2D eigenvalue weighted by Crippen LogP contribution is 2.39. The molecule has 144 valence electrons. The molecule has 0 radical (unpaired) electrons. The maximum atomic E-state index is 13.3. The number of fused-ring (bicyclic) bond motifs is 1. The molecule has 2 fully saturated rings. The fourth-order valence-corrected chi connectivity index (χ4v) is 5.95. The number of nitrogens with two attached hydrogens (primary N) is 1. The molecule has 2 aromatic carbocycles. The average Bonchev–Trinajstić information content (AvgIpc) is 3.25. The molecule has 3 unspecified atom stereocenters. The van der Waals surface area contributed by atoms with Crippen LogP contribution in [0.4, 0.5) is 0 Å². The largest absolute Gasteiger partial charge is 0.327 e. The number of rotatable bonds is 4. The number of halogens is 1. The Morgan fingerprint density at radius 3 is 2.33 bits per heavy atom. The third-order valence-electron chi connectivity index (χ3n) is 5.66. The molecule has 5 nitrogen and oxygen atoms in total. The molecule has 0 aromatic heterocycles. The van der Waals surface area contributed by atoms with Crippen molar-refractivity contribution < 1.29 is 13.2 Å². The summed E-state index contributed by atoms with van der Waals surface area (Å²) in [4.78, 5) is 13.0. The Kier molecular flexibility index (Phi) is 5.72. The van der Waals surface area contributed by atoms with Crippen LogP contribution in [-0.2, 0) is 10.0 Å². The van der Waals surface area contributed by atoms with Gasteiger partial charge in [0.2, 0.25) is 10.0 Å². The first-order chi connectivity index (χ1) is 12.5. The summed E-state index contributed by atoms with van der Waals surface area (Å²) in [6, 6.07) is 15.3. The molecule has 3 atom stereocenters. The van der Waals surface area contributed by atoms with Crippen LogP contribution in [0.5, 0.6) is 0 Å². The minimum Gasteiger partial charge on any atom is -0.327 e. The van der Waals surface area contributed by atoms with E-state index in [0.717, 1.165) is 12.8 Å². The Bertz CT molecular complexity index is 933. The minimum absolute atomic E-state index is 0. The number of sulfonamides is 1. The van der Waals surface area contributed by atoms with Gasteiger partial charge in [0.1, 0.15) is 0 Å². The van der Waals surface area contributed by atoms with E-state index in [4.69, 9.17) is 5.73 Å². The monoisotopic (exact) mass is 406 g/mol. The van der Waals surface area contributed by atoms with E-state index in [0.29, 0.717) is 24.6 Å². The molecule has 1 saturated carbocycles. The Morgan fingerprint density at radius 1 is 0.963 bits per heavy atom. The molecule has 0 amide bonds. The number of nitrogens with zero attached hydrogens (tertiary/aromatic N) is 1. The molecule has 1 aliphatic heterocycles. The van der Waals surface area contributed by atoms with Crippen molar-refractivity contribution in [1.82, 2.24) is 4.31 Å². The van der Waals surface area contributed by atoms with E-state index in [1.54, 1.807) is 42.5 Å². The van der Waals surface area contributed by atoms with Crippen molar-refractivity contribution in [2.24, 2.45) is 17.6 Å². The maximum Gasteiger partial charge on any atom is 0.243 e. The van der Waals surface area contributed by atoms with Gasteiger partial charge >= 0.3 is 0 Å². The van der Waals surface area contributed by atoms with Crippen LogP contribution in [0.25, 0.3) is 0 Å². The van der Waals surface area contributed by atoms with Crippen LogP contribution >= 0.6 is 12.4 Å². The molecule has 0 spiro atoms. The van der Waals surface area contributed by atoms with Crippen molar-refractivity contribution in [3.05, 3.63) is 65.7 Å². The highest BCUT2D eigenvalue weighted by molar-refractivity contribution is 7.89. The maximum absolute atomic E-state index is 13.3. The molecule has 2 aromatic rings. The van der Waals surface area contributed by atoms with E-state index in [-0.39, 0.29) is 40.6 Å². The third-order valence-corrected chi connectivity index (χ3v) is 7.55. The van der Waals surface area contributed by atoms with Crippen LogP contribution in [0.15, 0.2) is 59.5 Å². The summed E-state index contributed by atoms with van der Waals surface area (Å²) < 4.78 is 28.0. The molecule has 7 heteroatoms. The van der Waals surface area contributed by atoms with Crippen LogP contribution in [0, 0.1) is 11.8 Å². The fourth-order valence-electron chi connectivity index (χ4n) is 4.23. The van der Waals surface area contributed by atoms with Gasteiger partial charge in [0.25, 0.3) is 0 Å². The molecular formula is C20H23ClN2O3S. The first-order valence-corrected chi connectivity index (χ1v) is 10.4. The van der Waals surface area contributed by atoms with Crippen molar-refractivity contribution in [2.45, 2.75) is 23.8 Å². The van der Waals surface area contributed by atoms with Crippen molar-refractivity contribution in [3.63, 3.8) is 0 Å². The van der Waals surface area contributed by atoms with E-state index in [1.807, 2.05) is 6.07 Å². The summed E-state index contributed by atoms with van der Waals surface area (Å²) in [5.74, 6) is 0.277. The lowest BCUT2D eigenvalue weighted by Crippen LogP contribution is -2.34. The zero-order valence-electron chi connectivity index (χ0n) is 14.8. The lowest BCUT2D eigenvalue weighted by molar-refractivity contribution is 0.103. The molecule has 1 saturated heterocycles. The molecule has 27 heavy (non-hydrogen) atoms. The molecule has 2 N–H and O–H groups in total. The zero-order chi connectivity index (χ0) is 18.3. The minimum atomic E-state index is -3.73. The first-order valence-electron chi connectivity index (χ1n) is 8.93. The Hall–Kier alpha value is -1.73. The van der Waals surface area contributed by atoms with Gasteiger partial charge in [-0.1, -0.05) is 42.5 Å². The SMILES string of the molecule is Cl.NC1CCC2CN(S(=O)(=O)c3ccccc3C(=O)c3ccccc3)CC12. The molecule has 4 rings (SSSR count). The zero-order valence-corrected chi connectivity index (χ0v) is 16.5. The van der Waals surface area contributed by atoms with Gasteiger partial charge in [-0.15, -0.1) is 12.4 Å². The van der Waals surface area contributed by atoms with Gasteiger partial charge in [-0.05, 0) is 36.8 Å². The molecule has 2 aliphatic rings. The number of hydrogen-bond acceptors (Lipinski definition) is 4. The standard InChI is InChI=1S/C20H22N2O3S.ClH/c21-18-11-10-15-12-22(13-17(15)18)26(24,25)19-9-5-4-8-16(19)20(23)14-6-2-1-3-7-14;/h1-9,15,17-18H,10-13,21H2;1H. The molecule has 0 bridgehead atoms. The number of carbonyl (C=O) groups is 1. The van der Waals surface area contributed by atoms with Crippen molar-refractivity contribution >= 4 is 28.2 Å². The Morgan fingerprint density at radius 2 is 1.63 bits per heavy atom. The van der Waals surface area contributed by atoms with Gasteiger partial charge < -0.3 is 5.73 Å². The van der Waals surface area contributed by atoms with Crippen molar-refractivity contribution in [1.29, 1.82) is 0 Å². The summed E-state index contributed by atoms with van der Waals surface area (Å²) in [6.07, 6.45) is 1.94. The fraction of sp³-hybridized carbons (Fsp3) is 0.350. The van der Waals surface area contributed by atoms with E-state index in [2.05, 4.69) is 0 Å². The summed E-state index contributed by atoms with van der Waals surface area (Å²) in [5.41, 5.74) is 6.85. The number of carbonyl (C=O) groups excluding carboxylic acids is 1. The summed E-state index contributed by atoms with van der Waals surface area (Å²) in [7, 11) is -3.73. The smallest absolute Gasteiger partial charge is 0.243 e. The first kappa shape index (κ1) is 20.0. The van der Waals surface area contributed by atoms with Crippen molar-refractivity contribution in [3.8, 4) is 0 Å². The van der Waals surface area contributed by atoms with Crippen LogP contribution in [0.1, 0.15) is 28.8 Å². The average molecular weight is 407 g/mol. The summed E-state index contributed by atoms with van der Waals surface area (Å²) in [5, 5.41) is 0. The van der Waals surface area contributed by atoms with Crippen molar-refractivity contribution in [2.75, 3.05) is 13.1 Å². The van der Waals surface area contributed by atoms with Crippen LogP contribution < -0.4 is 5.73 Å². The van der Waals surface area contributed by atoms with Gasteiger partial charge in [-0.2, -0.15) is 4.31 Å². The predicted octanol–water partition coefficient (Wildman–Crippen LogP) is 2.70. The number of ketones is 1. The van der Waals surface area contributed by atoms with Gasteiger partial charge in [0.15, 0.2) is 5.78 Å². The summed E-state index contributed by atoms with van der Waals surface area (Å²) in [6.45, 7) is 0.941. The normalized spacial score (nSPS) is 25.0. The number of benzene rings is 2. The quantitative estimate of drug-likeness (QED) is 0.791. The molecular weight excluding hydrogens is 384 g/mol. The Balaban J connectivity index is 0.00000210. The van der Waals surface area contributed by atoms with Crippen LogP contribution in [0.2, 0.25) is 0 Å². The van der Waals surface area contributed by atoms with E-state index in [1.165, 1.54) is 10.4 Å². The Labute approximate surface area is 166 Å². The van der Waals surface area contributed by atoms with Gasteiger partial charge in [-0.3, -0.25) is 4.79 Å². The van der Waals surface area contributed by atoms with Gasteiger partial charge in [0.05, 0.1) is 4.90 Å². The summed E-state index contributed by atoms with van der Waals surface area (Å²) >= 11 is 0. The van der Waals surface area contributed by atoms with E-state index in [9.17, 15) is 13.2 Å². The van der Waals surface area contributed by atoms with Gasteiger partial charge in [-0.25, -0.2) is 8.42 Å². The van der Waals surface area contributed by atoms with Crippen LogP contribution in [-0.4, -0.2) is 37.6 Å². The predicted molar refractivity (Wildman–Crippen MR) is 107 cm³/mol. The number of hydrogen-bond donors (Lipinski definition) is 1. The molecule has 1 heterocycles. The lowest BCUT2D eigenvalue weighted by atomic mass is 9.98. The highest BCUT2D eigenvalue weighted by Gasteiger charge is 2.45. The van der Waals surface area contributed by atoms with E-state index < -0.39 is 10.0 Å². The van der Waals surface area contributed by atoms with E-state index >= 15 is 0 Å².